The highest BCUT2D eigenvalue weighted by Gasteiger charge is 2.20. The molecule has 0 unspecified atom stereocenters. The van der Waals surface area contributed by atoms with Crippen molar-refractivity contribution in [2.75, 3.05) is 5.32 Å². The van der Waals surface area contributed by atoms with Crippen molar-refractivity contribution in [2.24, 2.45) is 7.05 Å². The normalized spacial score (nSPS) is 12.1. The third-order valence-corrected chi connectivity index (χ3v) is 5.28. The second-order valence-electron chi connectivity index (χ2n) is 5.32. The second-order valence-corrected chi connectivity index (χ2v) is 7.52. The van der Waals surface area contributed by atoms with Crippen LogP contribution < -0.4 is 5.32 Å². The van der Waals surface area contributed by atoms with E-state index in [0.29, 0.717) is 10.3 Å². The Hall–Kier alpha value is -2.19. The van der Waals surface area contributed by atoms with Crippen molar-refractivity contribution in [1.29, 1.82) is 0 Å². The van der Waals surface area contributed by atoms with Crippen LogP contribution in [-0.2, 0) is 11.8 Å². The van der Waals surface area contributed by atoms with E-state index in [1.165, 1.54) is 28.7 Å². The number of hydrogen-bond donors (Lipinski definition) is 1. The zero-order valence-electron chi connectivity index (χ0n) is 13.6. The summed E-state index contributed by atoms with van der Waals surface area (Å²) in [6.45, 7) is 3.89. The van der Waals surface area contributed by atoms with E-state index in [1.807, 2.05) is 55.1 Å². The summed E-state index contributed by atoms with van der Waals surface area (Å²) in [4.78, 5) is 16.3. The predicted molar refractivity (Wildman–Crippen MR) is 97.2 cm³/mol. The number of nitrogens with zero attached hydrogens (tertiary/aromatic N) is 4. The predicted octanol–water partition coefficient (Wildman–Crippen LogP) is 3.37. The highest BCUT2D eigenvalue weighted by atomic mass is 32.2. The molecule has 1 aromatic carbocycles. The molecule has 24 heavy (non-hydrogen) atoms. The van der Waals surface area contributed by atoms with Crippen molar-refractivity contribution in [3.05, 3.63) is 41.4 Å². The van der Waals surface area contributed by atoms with E-state index in [4.69, 9.17) is 0 Å². The van der Waals surface area contributed by atoms with Gasteiger partial charge >= 0.3 is 0 Å². The molecule has 0 saturated carbocycles. The van der Waals surface area contributed by atoms with Crippen LogP contribution in [0, 0.1) is 6.92 Å². The number of rotatable bonds is 5. The maximum absolute atomic E-state index is 12.2. The first kappa shape index (κ1) is 16.7. The fourth-order valence-electron chi connectivity index (χ4n) is 2.08. The van der Waals surface area contributed by atoms with Crippen LogP contribution >= 0.6 is 23.1 Å². The fraction of sp³-hybridized carbons (Fsp3) is 0.250. The minimum Gasteiger partial charge on any atom is -0.305 e. The molecule has 8 heteroatoms. The zero-order valence-corrected chi connectivity index (χ0v) is 15.2. The lowest BCUT2D eigenvalue weighted by Gasteiger charge is -2.10. The van der Waals surface area contributed by atoms with Gasteiger partial charge in [0.1, 0.15) is 0 Å². The number of aromatic nitrogens is 4. The van der Waals surface area contributed by atoms with Gasteiger partial charge in [0, 0.05) is 24.2 Å². The monoisotopic (exact) mass is 359 g/mol. The molecule has 0 spiro atoms. The van der Waals surface area contributed by atoms with Gasteiger partial charge in [0.15, 0.2) is 16.1 Å². The van der Waals surface area contributed by atoms with Crippen LogP contribution in [0.4, 0.5) is 5.13 Å². The molecule has 0 aliphatic heterocycles. The maximum Gasteiger partial charge on any atom is 0.239 e. The molecule has 0 aliphatic rings. The van der Waals surface area contributed by atoms with Gasteiger partial charge in [-0.05, 0) is 13.8 Å². The molecule has 1 amide bonds. The SMILES string of the molecule is Cc1ccc(-c2nnc(S[C@@H](C)C(=O)Nc3nccs3)n2C)cc1. The number of benzene rings is 1. The van der Waals surface area contributed by atoms with Gasteiger partial charge in [-0.2, -0.15) is 0 Å². The summed E-state index contributed by atoms with van der Waals surface area (Å²) in [5.74, 6) is 0.680. The minimum absolute atomic E-state index is 0.102. The van der Waals surface area contributed by atoms with E-state index in [9.17, 15) is 4.79 Å². The molecular weight excluding hydrogens is 342 g/mol. The Balaban J connectivity index is 1.71. The Morgan fingerprint density at radius 3 is 2.71 bits per heavy atom. The van der Waals surface area contributed by atoms with E-state index in [2.05, 4.69) is 20.5 Å². The topological polar surface area (TPSA) is 72.7 Å². The van der Waals surface area contributed by atoms with E-state index in [1.54, 1.807) is 6.20 Å². The Morgan fingerprint density at radius 1 is 1.29 bits per heavy atom. The lowest BCUT2D eigenvalue weighted by Crippen LogP contribution is -2.22. The number of anilines is 1. The molecule has 3 aromatic rings. The number of amides is 1. The first-order valence-corrected chi connectivity index (χ1v) is 9.14. The molecule has 2 aromatic heterocycles. The van der Waals surface area contributed by atoms with Crippen LogP contribution in [0.15, 0.2) is 41.0 Å². The molecule has 1 N–H and O–H groups in total. The Morgan fingerprint density at radius 2 is 2.04 bits per heavy atom. The van der Waals surface area contributed by atoms with Gasteiger partial charge in [-0.1, -0.05) is 41.6 Å². The summed E-state index contributed by atoms with van der Waals surface area (Å²) in [5, 5.41) is 14.1. The summed E-state index contributed by atoms with van der Waals surface area (Å²) >= 11 is 2.77. The lowest BCUT2D eigenvalue weighted by atomic mass is 10.1. The summed E-state index contributed by atoms with van der Waals surface area (Å²) in [6.07, 6.45) is 1.66. The summed E-state index contributed by atoms with van der Waals surface area (Å²) < 4.78 is 1.91. The number of thiazole rings is 1. The fourth-order valence-corrected chi connectivity index (χ4v) is 3.42. The number of carbonyl (C=O) groups is 1. The third-order valence-electron chi connectivity index (χ3n) is 3.46. The third kappa shape index (κ3) is 3.65. The average Bonchev–Trinajstić information content (AvgIpc) is 3.19. The maximum atomic E-state index is 12.2. The first-order chi connectivity index (χ1) is 11.5. The number of carbonyl (C=O) groups excluding carboxylic acids is 1. The van der Waals surface area contributed by atoms with Crippen molar-refractivity contribution < 1.29 is 4.79 Å². The quantitative estimate of drug-likeness (QED) is 0.707. The molecule has 0 aliphatic carbocycles. The molecule has 0 fully saturated rings. The van der Waals surface area contributed by atoms with Crippen LogP contribution in [0.3, 0.4) is 0 Å². The highest BCUT2D eigenvalue weighted by Crippen LogP contribution is 2.26. The van der Waals surface area contributed by atoms with Gasteiger partial charge in [-0.15, -0.1) is 21.5 Å². The van der Waals surface area contributed by atoms with Gasteiger partial charge in [0.2, 0.25) is 5.91 Å². The van der Waals surface area contributed by atoms with Crippen molar-refractivity contribution in [3.63, 3.8) is 0 Å². The van der Waals surface area contributed by atoms with Crippen molar-refractivity contribution >= 4 is 34.1 Å². The van der Waals surface area contributed by atoms with E-state index in [0.717, 1.165) is 11.4 Å². The first-order valence-electron chi connectivity index (χ1n) is 7.38. The number of aryl methyl sites for hydroxylation is 1. The molecule has 3 rings (SSSR count). The zero-order chi connectivity index (χ0) is 17.1. The Kier molecular flexibility index (Phi) is 4.96. The molecule has 0 saturated heterocycles. The van der Waals surface area contributed by atoms with Gasteiger partial charge in [0.05, 0.1) is 5.25 Å². The summed E-state index contributed by atoms with van der Waals surface area (Å²) in [5.41, 5.74) is 2.20. The standard InChI is InChI=1S/C16H17N5OS2/c1-10-4-6-12(7-5-10)13-19-20-16(21(13)3)24-11(2)14(22)18-15-17-8-9-23-15/h4-9,11H,1-3H3,(H,17,18,22)/t11-/m0/s1. The highest BCUT2D eigenvalue weighted by molar-refractivity contribution is 8.00. The van der Waals surface area contributed by atoms with Gasteiger partial charge in [-0.25, -0.2) is 4.98 Å². The van der Waals surface area contributed by atoms with E-state index < -0.39 is 0 Å². The number of nitrogens with one attached hydrogen (secondary N) is 1. The van der Waals surface area contributed by atoms with Gasteiger partial charge in [-0.3, -0.25) is 4.79 Å². The van der Waals surface area contributed by atoms with Crippen molar-refractivity contribution in [3.8, 4) is 11.4 Å². The number of thioether (sulfide) groups is 1. The van der Waals surface area contributed by atoms with Crippen LogP contribution in [0.25, 0.3) is 11.4 Å². The molecule has 6 nitrogen and oxygen atoms in total. The molecule has 0 radical (unpaired) electrons. The van der Waals surface area contributed by atoms with Crippen LogP contribution in [-0.4, -0.2) is 30.9 Å². The molecule has 124 valence electrons. The average molecular weight is 359 g/mol. The van der Waals surface area contributed by atoms with Crippen LogP contribution in [0.1, 0.15) is 12.5 Å². The van der Waals surface area contributed by atoms with Crippen molar-refractivity contribution in [2.45, 2.75) is 24.3 Å². The van der Waals surface area contributed by atoms with Gasteiger partial charge in [0.25, 0.3) is 0 Å². The Bertz CT molecular complexity index is 827. The smallest absolute Gasteiger partial charge is 0.239 e. The minimum atomic E-state index is -0.303. The number of hydrogen-bond acceptors (Lipinski definition) is 6. The largest absolute Gasteiger partial charge is 0.305 e. The van der Waals surface area contributed by atoms with E-state index >= 15 is 0 Å². The Labute approximate surface area is 148 Å². The molecule has 1 atom stereocenters. The molecular formula is C16H17N5OS2. The van der Waals surface area contributed by atoms with Gasteiger partial charge < -0.3 is 9.88 Å². The molecule has 2 heterocycles. The lowest BCUT2D eigenvalue weighted by molar-refractivity contribution is -0.115. The van der Waals surface area contributed by atoms with E-state index in [-0.39, 0.29) is 11.2 Å². The van der Waals surface area contributed by atoms with Crippen LogP contribution in [0.2, 0.25) is 0 Å². The summed E-state index contributed by atoms with van der Waals surface area (Å²) in [7, 11) is 1.91. The second kappa shape index (κ2) is 7.14. The molecule has 0 bridgehead atoms. The summed E-state index contributed by atoms with van der Waals surface area (Å²) in [6, 6.07) is 8.13. The van der Waals surface area contributed by atoms with Crippen molar-refractivity contribution in [1.82, 2.24) is 19.7 Å². The van der Waals surface area contributed by atoms with Crippen LogP contribution in [0.5, 0.6) is 0 Å².